The van der Waals surface area contributed by atoms with Gasteiger partial charge < -0.3 is 15.6 Å². The summed E-state index contributed by atoms with van der Waals surface area (Å²) in [6.07, 6.45) is 7.24. The Balaban J connectivity index is 1.64. The SMILES string of the molecule is Cn1ccnc1CCNC(=O)CC(N)C1CC1. The second kappa shape index (κ2) is 5.31. The highest BCUT2D eigenvalue weighted by Crippen LogP contribution is 2.32. The van der Waals surface area contributed by atoms with Gasteiger partial charge in [0.15, 0.2) is 0 Å². The van der Waals surface area contributed by atoms with Crippen LogP contribution in [0.2, 0.25) is 0 Å². The van der Waals surface area contributed by atoms with Crippen LogP contribution in [0.5, 0.6) is 0 Å². The Morgan fingerprint density at radius 1 is 1.71 bits per heavy atom. The van der Waals surface area contributed by atoms with Crippen LogP contribution in [-0.2, 0) is 18.3 Å². The van der Waals surface area contributed by atoms with Gasteiger partial charge in [0.25, 0.3) is 0 Å². The zero-order chi connectivity index (χ0) is 12.3. The monoisotopic (exact) mass is 236 g/mol. The van der Waals surface area contributed by atoms with E-state index in [1.54, 1.807) is 6.20 Å². The molecule has 0 saturated heterocycles. The number of carbonyl (C=O) groups is 1. The number of nitrogens with zero attached hydrogens (tertiary/aromatic N) is 2. The van der Waals surface area contributed by atoms with Crippen LogP contribution < -0.4 is 11.1 Å². The lowest BCUT2D eigenvalue weighted by Crippen LogP contribution is -2.34. The summed E-state index contributed by atoms with van der Waals surface area (Å²) in [5.74, 6) is 1.62. The van der Waals surface area contributed by atoms with Crippen LogP contribution >= 0.6 is 0 Å². The van der Waals surface area contributed by atoms with E-state index in [1.165, 1.54) is 12.8 Å². The van der Waals surface area contributed by atoms with E-state index in [2.05, 4.69) is 10.3 Å². The molecule has 1 aromatic rings. The summed E-state index contributed by atoms with van der Waals surface area (Å²) in [4.78, 5) is 15.8. The zero-order valence-electron chi connectivity index (χ0n) is 10.2. The largest absolute Gasteiger partial charge is 0.356 e. The third kappa shape index (κ3) is 3.56. The molecule has 17 heavy (non-hydrogen) atoms. The lowest BCUT2D eigenvalue weighted by Gasteiger charge is -2.10. The quantitative estimate of drug-likeness (QED) is 0.741. The summed E-state index contributed by atoms with van der Waals surface area (Å²) in [7, 11) is 1.95. The molecule has 1 aliphatic rings. The van der Waals surface area contributed by atoms with E-state index in [0.717, 1.165) is 12.2 Å². The standard InChI is InChI=1S/C12H20N4O/c1-16-7-6-14-11(16)4-5-15-12(17)8-10(13)9-2-3-9/h6-7,9-10H,2-5,8,13H2,1H3,(H,15,17). The first-order valence-corrected chi connectivity index (χ1v) is 6.15. The second-order valence-corrected chi connectivity index (χ2v) is 4.76. The molecule has 1 heterocycles. The fourth-order valence-electron chi connectivity index (χ4n) is 1.93. The lowest BCUT2D eigenvalue weighted by molar-refractivity contribution is -0.121. The molecule has 1 aliphatic carbocycles. The zero-order valence-corrected chi connectivity index (χ0v) is 10.2. The Labute approximate surface area is 101 Å². The average Bonchev–Trinajstić information content (AvgIpc) is 3.05. The number of aryl methyl sites for hydroxylation is 1. The Kier molecular flexibility index (Phi) is 3.78. The van der Waals surface area contributed by atoms with Crippen LogP contribution in [0.15, 0.2) is 12.4 Å². The second-order valence-electron chi connectivity index (χ2n) is 4.76. The minimum Gasteiger partial charge on any atom is -0.356 e. The van der Waals surface area contributed by atoms with Crippen molar-refractivity contribution in [1.29, 1.82) is 0 Å². The van der Waals surface area contributed by atoms with E-state index < -0.39 is 0 Å². The highest BCUT2D eigenvalue weighted by molar-refractivity contribution is 5.76. The van der Waals surface area contributed by atoms with Crippen LogP contribution in [0.3, 0.4) is 0 Å². The van der Waals surface area contributed by atoms with Gasteiger partial charge in [0, 0.05) is 44.9 Å². The third-order valence-electron chi connectivity index (χ3n) is 3.24. The molecular weight excluding hydrogens is 216 g/mol. The molecule has 3 N–H and O–H groups in total. The normalized spacial score (nSPS) is 16.8. The molecule has 0 radical (unpaired) electrons. The molecular formula is C12H20N4O. The van der Waals surface area contributed by atoms with Crippen molar-refractivity contribution in [3.05, 3.63) is 18.2 Å². The summed E-state index contributed by atoms with van der Waals surface area (Å²) in [6.45, 7) is 0.626. The van der Waals surface area contributed by atoms with E-state index in [9.17, 15) is 4.79 Å². The lowest BCUT2D eigenvalue weighted by atomic mass is 10.1. The highest BCUT2D eigenvalue weighted by Gasteiger charge is 2.29. The molecule has 1 amide bonds. The van der Waals surface area contributed by atoms with E-state index in [0.29, 0.717) is 18.9 Å². The number of rotatable bonds is 6. The van der Waals surface area contributed by atoms with E-state index in [4.69, 9.17) is 5.73 Å². The number of hydrogen-bond acceptors (Lipinski definition) is 3. The topological polar surface area (TPSA) is 72.9 Å². The van der Waals surface area contributed by atoms with Gasteiger partial charge >= 0.3 is 0 Å². The number of imidazole rings is 1. The maximum absolute atomic E-state index is 11.6. The first-order valence-electron chi connectivity index (χ1n) is 6.15. The molecule has 94 valence electrons. The van der Waals surface area contributed by atoms with Crippen LogP contribution in [-0.4, -0.2) is 28.0 Å². The molecule has 1 fully saturated rings. The highest BCUT2D eigenvalue weighted by atomic mass is 16.1. The maximum atomic E-state index is 11.6. The van der Waals surface area contributed by atoms with Crippen molar-refractivity contribution in [2.24, 2.45) is 18.7 Å². The van der Waals surface area contributed by atoms with E-state index >= 15 is 0 Å². The fraction of sp³-hybridized carbons (Fsp3) is 0.667. The molecule has 0 bridgehead atoms. The molecule has 1 unspecified atom stereocenters. The van der Waals surface area contributed by atoms with Crippen molar-refractivity contribution < 1.29 is 4.79 Å². The van der Waals surface area contributed by atoms with Crippen molar-refractivity contribution >= 4 is 5.91 Å². The van der Waals surface area contributed by atoms with Crippen LogP contribution in [0, 0.1) is 5.92 Å². The van der Waals surface area contributed by atoms with Crippen molar-refractivity contribution in [3.8, 4) is 0 Å². The predicted molar refractivity (Wildman–Crippen MR) is 65.2 cm³/mol. The number of nitrogens with one attached hydrogen (secondary N) is 1. The van der Waals surface area contributed by atoms with Gasteiger partial charge in [-0.1, -0.05) is 0 Å². The number of carbonyl (C=O) groups excluding carboxylic acids is 1. The smallest absolute Gasteiger partial charge is 0.221 e. The average molecular weight is 236 g/mol. The Morgan fingerprint density at radius 3 is 3.06 bits per heavy atom. The van der Waals surface area contributed by atoms with E-state index in [-0.39, 0.29) is 11.9 Å². The molecule has 0 aliphatic heterocycles. The third-order valence-corrected chi connectivity index (χ3v) is 3.24. The first kappa shape index (κ1) is 12.1. The van der Waals surface area contributed by atoms with Gasteiger partial charge in [-0.3, -0.25) is 4.79 Å². The maximum Gasteiger partial charge on any atom is 0.221 e. The molecule has 1 saturated carbocycles. The van der Waals surface area contributed by atoms with Crippen LogP contribution in [0.4, 0.5) is 0 Å². The summed E-state index contributed by atoms with van der Waals surface area (Å²) >= 11 is 0. The number of aromatic nitrogens is 2. The molecule has 1 atom stereocenters. The van der Waals surface area contributed by atoms with Gasteiger partial charge in [0.1, 0.15) is 5.82 Å². The van der Waals surface area contributed by atoms with Crippen LogP contribution in [0.25, 0.3) is 0 Å². The minimum atomic E-state index is 0.0446. The summed E-state index contributed by atoms with van der Waals surface area (Å²) in [6, 6.07) is 0.0446. The summed E-state index contributed by atoms with van der Waals surface area (Å²) < 4.78 is 1.96. The van der Waals surface area contributed by atoms with Crippen molar-refractivity contribution in [2.45, 2.75) is 31.7 Å². The minimum absolute atomic E-state index is 0.0446. The van der Waals surface area contributed by atoms with Gasteiger partial charge in [0.05, 0.1) is 0 Å². The van der Waals surface area contributed by atoms with Gasteiger partial charge in [-0.25, -0.2) is 4.98 Å². The number of amides is 1. The Hall–Kier alpha value is -1.36. The van der Waals surface area contributed by atoms with Gasteiger partial charge in [-0.15, -0.1) is 0 Å². The molecule has 0 aromatic carbocycles. The Morgan fingerprint density at radius 2 is 2.47 bits per heavy atom. The molecule has 5 nitrogen and oxygen atoms in total. The Bertz CT molecular complexity index is 384. The van der Waals surface area contributed by atoms with Crippen molar-refractivity contribution in [2.75, 3.05) is 6.54 Å². The van der Waals surface area contributed by atoms with Gasteiger partial charge in [-0.05, 0) is 18.8 Å². The predicted octanol–water partition coefficient (Wildman–Crippen LogP) is 0.206. The van der Waals surface area contributed by atoms with E-state index in [1.807, 2.05) is 17.8 Å². The molecule has 2 rings (SSSR count). The van der Waals surface area contributed by atoms with Gasteiger partial charge in [0.2, 0.25) is 5.91 Å². The summed E-state index contributed by atoms with van der Waals surface area (Å²) in [5.41, 5.74) is 5.89. The number of hydrogen-bond donors (Lipinski definition) is 2. The fourth-order valence-corrected chi connectivity index (χ4v) is 1.93. The van der Waals surface area contributed by atoms with Gasteiger partial charge in [-0.2, -0.15) is 0 Å². The summed E-state index contributed by atoms with van der Waals surface area (Å²) in [5, 5.41) is 2.89. The molecule has 0 spiro atoms. The molecule has 1 aromatic heterocycles. The first-order chi connectivity index (χ1) is 8.16. The van der Waals surface area contributed by atoms with Crippen molar-refractivity contribution in [1.82, 2.24) is 14.9 Å². The van der Waals surface area contributed by atoms with Crippen LogP contribution in [0.1, 0.15) is 25.1 Å². The molecule has 5 heteroatoms. The number of nitrogens with two attached hydrogens (primary N) is 1. The van der Waals surface area contributed by atoms with Crippen molar-refractivity contribution in [3.63, 3.8) is 0 Å².